The Morgan fingerprint density at radius 2 is 1.68 bits per heavy atom. The number of carbonyl (C=O) groups excluding carboxylic acids is 1. The highest BCUT2D eigenvalue weighted by atomic mass is 35.5. The van der Waals surface area contributed by atoms with Gasteiger partial charge in [0.25, 0.3) is 11.5 Å². The fourth-order valence-electron chi connectivity index (χ4n) is 2.52. The molecule has 0 radical (unpaired) electrons. The lowest BCUT2D eigenvalue weighted by Gasteiger charge is -2.05. The zero-order valence-electron chi connectivity index (χ0n) is 14.3. The number of aromatic amines is 1. The first-order valence-corrected chi connectivity index (χ1v) is 9.53. The third kappa shape index (κ3) is 4.00. The first-order valence-electron chi connectivity index (χ1n) is 8.27. The quantitative estimate of drug-likeness (QED) is 0.521. The number of rotatable bonds is 4. The molecular formula is C20H13ClN4O2S. The smallest absolute Gasteiger partial charge is 0.276 e. The predicted octanol–water partition coefficient (Wildman–Crippen LogP) is 4.47. The second kappa shape index (κ2) is 7.75. The molecule has 0 atom stereocenters. The molecule has 2 heterocycles. The molecule has 0 aliphatic carbocycles. The summed E-state index contributed by atoms with van der Waals surface area (Å²) in [4.78, 5) is 27.8. The van der Waals surface area contributed by atoms with E-state index in [1.54, 1.807) is 23.5 Å². The molecule has 0 saturated carbocycles. The van der Waals surface area contributed by atoms with Crippen molar-refractivity contribution in [3.8, 4) is 21.8 Å². The molecule has 0 aliphatic rings. The van der Waals surface area contributed by atoms with Gasteiger partial charge in [0.1, 0.15) is 10.7 Å². The van der Waals surface area contributed by atoms with E-state index >= 15 is 0 Å². The molecule has 0 saturated heterocycles. The predicted molar refractivity (Wildman–Crippen MR) is 111 cm³/mol. The number of aromatic nitrogens is 3. The number of benzene rings is 2. The van der Waals surface area contributed by atoms with Gasteiger partial charge in [0.05, 0.1) is 5.69 Å². The highest BCUT2D eigenvalue weighted by Gasteiger charge is 2.10. The van der Waals surface area contributed by atoms with Crippen LogP contribution in [0.5, 0.6) is 0 Å². The Bertz CT molecular complexity index is 1160. The summed E-state index contributed by atoms with van der Waals surface area (Å²) in [6.45, 7) is 0. The van der Waals surface area contributed by atoms with Crippen molar-refractivity contribution in [2.24, 2.45) is 0 Å². The summed E-state index contributed by atoms with van der Waals surface area (Å²) < 4.78 is 0. The molecule has 1 amide bonds. The van der Waals surface area contributed by atoms with Crippen LogP contribution in [-0.2, 0) is 0 Å². The number of hydrogen-bond acceptors (Lipinski definition) is 5. The van der Waals surface area contributed by atoms with Crippen molar-refractivity contribution >= 4 is 34.5 Å². The molecule has 8 heteroatoms. The maximum atomic E-state index is 12.1. The summed E-state index contributed by atoms with van der Waals surface area (Å²) in [5, 5.41) is 12.3. The van der Waals surface area contributed by atoms with Crippen LogP contribution in [0, 0.1) is 0 Å². The number of nitrogens with one attached hydrogen (secondary N) is 2. The normalized spacial score (nSPS) is 10.6. The second-order valence-electron chi connectivity index (χ2n) is 5.88. The van der Waals surface area contributed by atoms with E-state index in [-0.39, 0.29) is 11.3 Å². The molecule has 28 heavy (non-hydrogen) atoms. The highest BCUT2D eigenvalue weighted by Crippen LogP contribution is 2.30. The standard InChI is InChI=1S/C20H13ClN4O2S/c21-14-5-1-13(2-6-14)20-23-17(11-28-20)12-3-7-15(8-4-12)22-19(27)16-9-10-18(26)25-24-16/h1-11H,(H,22,27)(H,25,26). The molecule has 138 valence electrons. The van der Waals surface area contributed by atoms with E-state index < -0.39 is 5.91 Å². The van der Waals surface area contributed by atoms with Gasteiger partial charge >= 0.3 is 0 Å². The first-order chi connectivity index (χ1) is 13.6. The molecule has 0 spiro atoms. The van der Waals surface area contributed by atoms with Crippen molar-refractivity contribution in [2.75, 3.05) is 5.32 Å². The Kier molecular flexibility index (Phi) is 5.01. The minimum atomic E-state index is -0.400. The fourth-order valence-corrected chi connectivity index (χ4v) is 3.48. The Morgan fingerprint density at radius 3 is 2.36 bits per heavy atom. The summed E-state index contributed by atoms with van der Waals surface area (Å²) in [6.07, 6.45) is 0. The molecule has 0 aliphatic heterocycles. The van der Waals surface area contributed by atoms with E-state index in [1.807, 2.05) is 41.8 Å². The average molecular weight is 409 g/mol. The van der Waals surface area contributed by atoms with E-state index in [0.29, 0.717) is 10.7 Å². The molecule has 4 rings (SSSR count). The topological polar surface area (TPSA) is 87.7 Å². The van der Waals surface area contributed by atoms with Gasteiger partial charge in [0.15, 0.2) is 0 Å². The maximum absolute atomic E-state index is 12.1. The lowest BCUT2D eigenvalue weighted by atomic mass is 10.1. The van der Waals surface area contributed by atoms with E-state index in [9.17, 15) is 9.59 Å². The Hall–Kier alpha value is -3.29. The van der Waals surface area contributed by atoms with Crippen LogP contribution in [-0.4, -0.2) is 21.1 Å². The lowest BCUT2D eigenvalue weighted by Crippen LogP contribution is -2.17. The minimum Gasteiger partial charge on any atom is -0.321 e. The van der Waals surface area contributed by atoms with Gasteiger partial charge < -0.3 is 5.32 Å². The fraction of sp³-hybridized carbons (Fsp3) is 0. The van der Waals surface area contributed by atoms with Gasteiger partial charge in [0, 0.05) is 33.3 Å². The van der Waals surface area contributed by atoms with Crippen molar-refractivity contribution < 1.29 is 4.79 Å². The number of carbonyl (C=O) groups is 1. The molecule has 4 aromatic rings. The third-order valence-corrected chi connectivity index (χ3v) is 5.09. The van der Waals surface area contributed by atoms with E-state index in [1.165, 1.54) is 12.1 Å². The van der Waals surface area contributed by atoms with E-state index in [0.717, 1.165) is 21.8 Å². The van der Waals surface area contributed by atoms with Crippen molar-refractivity contribution in [1.29, 1.82) is 0 Å². The molecule has 2 N–H and O–H groups in total. The molecule has 0 bridgehead atoms. The van der Waals surface area contributed by atoms with Gasteiger partial charge in [-0.2, -0.15) is 5.10 Å². The molecule has 2 aromatic heterocycles. The van der Waals surface area contributed by atoms with Gasteiger partial charge in [-0.1, -0.05) is 35.9 Å². The van der Waals surface area contributed by atoms with Crippen LogP contribution in [0.3, 0.4) is 0 Å². The number of hydrogen-bond donors (Lipinski definition) is 2. The van der Waals surface area contributed by atoms with Gasteiger partial charge in [-0.3, -0.25) is 9.59 Å². The summed E-state index contributed by atoms with van der Waals surface area (Å²) in [6, 6.07) is 17.5. The SMILES string of the molecule is O=C(Nc1ccc(-c2csc(-c3ccc(Cl)cc3)n2)cc1)c1ccc(=O)[nH]n1. The number of nitrogens with zero attached hydrogens (tertiary/aromatic N) is 2. The number of anilines is 1. The maximum Gasteiger partial charge on any atom is 0.276 e. The summed E-state index contributed by atoms with van der Waals surface area (Å²) in [5.74, 6) is -0.400. The van der Waals surface area contributed by atoms with Crippen molar-refractivity contribution in [3.05, 3.63) is 87.1 Å². The Morgan fingerprint density at radius 1 is 0.964 bits per heavy atom. The minimum absolute atomic E-state index is 0.135. The monoisotopic (exact) mass is 408 g/mol. The molecular weight excluding hydrogens is 396 g/mol. The lowest BCUT2D eigenvalue weighted by molar-refractivity contribution is 0.102. The molecule has 0 unspecified atom stereocenters. The summed E-state index contributed by atoms with van der Waals surface area (Å²) in [7, 11) is 0. The van der Waals surface area contributed by atoms with E-state index in [4.69, 9.17) is 11.6 Å². The van der Waals surface area contributed by atoms with Crippen molar-refractivity contribution in [1.82, 2.24) is 15.2 Å². The van der Waals surface area contributed by atoms with Crippen LogP contribution in [0.25, 0.3) is 21.8 Å². The largest absolute Gasteiger partial charge is 0.321 e. The van der Waals surface area contributed by atoms with Gasteiger partial charge in [-0.15, -0.1) is 11.3 Å². The highest BCUT2D eigenvalue weighted by molar-refractivity contribution is 7.13. The van der Waals surface area contributed by atoms with Crippen molar-refractivity contribution in [2.45, 2.75) is 0 Å². The second-order valence-corrected chi connectivity index (χ2v) is 7.18. The number of H-pyrrole nitrogens is 1. The van der Waals surface area contributed by atoms with Crippen LogP contribution in [0.1, 0.15) is 10.5 Å². The molecule has 2 aromatic carbocycles. The van der Waals surface area contributed by atoms with Crippen LogP contribution in [0.15, 0.2) is 70.8 Å². The average Bonchev–Trinajstić information content (AvgIpc) is 3.20. The van der Waals surface area contributed by atoms with Crippen molar-refractivity contribution in [3.63, 3.8) is 0 Å². The number of thiazole rings is 1. The zero-order valence-corrected chi connectivity index (χ0v) is 15.9. The molecule has 6 nitrogen and oxygen atoms in total. The first kappa shape index (κ1) is 18.1. The zero-order chi connectivity index (χ0) is 19.5. The Balaban J connectivity index is 1.49. The number of halogens is 1. The van der Waals surface area contributed by atoms with Gasteiger partial charge in [0.2, 0.25) is 0 Å². The van der Waals surface area contributed by atoms with Crippen LogP contribution < -0.4 is 10.9 Å². The summed E-state index contributed by atoms with van der Waals surface area (Å²) in [5.41, 5.74) is 3.21. The molecule has 0 fully saturated rings. The Labute approximate surface area is 168 Å². The number of amides is 1. The van der Waals surface area contributed by atoms with Gasteiger partial charge in [-0.05, 0) is 30.3 Å². The van der Waals surface area contributed by atoms with Gasteiger partial charge in [-0.25, -0.2) is 10.1 Å². The van der Waals surface area contributed by atoms with Crippen LogP contribution in [0.2, 0.25) is 5.02 Å². The third-order valence-electron chi connectivity index (χ3n) is 3.95. The van der Waals surface area contributed by atoms with Crippen LogP contribution >= 0.6 is 22.9 Å². The summed E-state index contributed by atoms with van der Waals surface area (Å²) >= 11 is 7.49. The van der Waals surface area contributed by atoms with Crippen LogP contribution in [0.4, 0.5) is 5.69 Å². The van der Waals surface area contributed by atoms with E-state index in [2.05, 4.69) is 20.5 Å².